The van der Waals surface area contributed by atoms with Crippen LogP contribution in [0.2, 0.25) is 0 Å². The van der Waals surface area contributed by atoms with E-state index in [9.17, 15) is 14.4 Å². The van der Waals surface area contributed by atoms with Crippen LogP contribution < -0.4 is 10.2 Å². The number of aliphatic imine (C=N–C) groups is 1. The van der Waals surface area contributed by atoms with Gasteiger partial charge in [0.25, 0.3) is 11.8 Å². The van der Waals surface area contributed by atoms with Gasteiger partial charge in [0.1, 0.15) is 0 Å². The first-order chi connectivity index (χ1) is 17.2. The molecule has 0 spiro atoms. The molecule has 0 saturated carbocycles. The Labute approximate surface area is 218 Å². The first kappa shape index (κ1) is 27.7. The summed E-state index contributed by atoms with van der Waals surface area (Å²) in [6.45, 7) is 10.1. The Morgan fingerprint density at radius 2 is 1.78 bits per heavy atom. The third-order valence-corrected chi connectivity index (χ3v) is 7.55. The second-order valence-corrected chi connectivity index (χ2v) is 10.3. The molecule has 9 heteroatoms. The van der Waals surface area contributed by atoms with Crippen molar-refractivity contribution in [3.63, 3.8) is 0 Å². The number of nitrogens with one attached hydrogen (secondary N) is 1. The number of halogens is 1. The summed E-state index contributed by atoms with van der Waals surface area (Å²) in [6.07, 6.45) is 5.29. The van der Waals surface area contributed by atoms with E-state index in [-0.39, 0.29) is 53.3 Å². The largest absolute Gasteiger partial charge is 0.347 e. The minimum atomic E-state index is -0.711. The fraction of sp³-hybridized carbons (Fsp3) is 0.556. The number of carbonyl (C=O) groups is 3. The van der Waals surface area contributed by atoms with E-state index in [1.165, 1.54) is 0 Å². The lowest BCUT2D eigenvalue weighted by Gasteiger charge is -2.33. The number of benzene rings is 1. The predicted octanol–water partition coefficient (Wildman–Crippen LogP) is 4.57. The van der Waals surface area contributed by atoms with Crippen LogP contribution >= 0.6 is 11.6 Å². The molecule has 36 heavy (non-hydrogen) atoms. The maximum absolute atomic E-state index is 13.7. The highest BCUT2D eigenvalue weighted by Crippen LogP contribution is 2.27. The molecule has 0 saturated heterocycles. The van der Waals surface area contributed by atoms with Gasteiger partial charge in [0.2, 0.25) is 5.91 Å². The molecule has 2 aliphatic rings. The Morgan fingerprint density at radius 3 is 2.39 bits per heavy atom. The molecule has 194 valence electrons. The summed E-state index contributed by atoms with van der Waals surface area (Å²) in [5.74, 6) is -1.91. The summed E-state index contributed by atoms with van der Waals surface area (Å²) in [7, 11) is 0. The Bertz CT molecular complexity index is 1050. The Balaban J connectivity index is 1.95. The molecule has 2 aliphatic heterocycles. The summed E-state index contributed by atoms with van der Waals surface area (Å²) in [5, 5.41) is 11.0. The van der Waals surface area contributed by atoms with Crippen LogP contribution in [0.3, 0.4) is 0 Å². The maximum Gasteiger partial charge on any atom is 0.288 e. The molecule has 1 N–H and O–H groups in total. The normalized spacial score (nSPS) is 29.8. The maximum atomic E-state index is 13.7. The number of carbonyl (C=O) groups excluding carboxylic acids is 3. The van der Waals surface area contributed by atoms with E-state index in [0.29, 0.717) is 18.5 Å². The van der Waals surface area contributed by atoms with Crippen molar-refractivity contribution in [2.75, 3.05) is 11.4 Å². The zero-order chi connectivity index (χ0) is 26.4. The summed E-state index contributed by atoms with van der Waals surface area (Å²) in [5.41, 5.74) is 1.01. The fourth-order valence-corrected chi connectivity index (χ4v) is 4.77. The fourth-order valence-electron chi connectivity index (χ4n) is 4.62. The number of nitrogens with zero attached hydrogens (tertiary/aromatic N) is 4. The highest BCUT2D eigenvalue weighted by molar-refractivity contribution is 6.69. The number of imide groups is 1. The molecule has 2 heterocycles. The molecule has 0 aromatic heterocycles. The molecule has 6 unspecified atom stereocenters. The Morgan fingerprint density at radius 1 is 1.11 bits per heavy atom. The van der Waals surface area contributed by atoms with Crippen LogP contribution in [0.1, 0.15) is 64.8 Å². The highest BCUT2D eigenvalue weighted by Gasteiger charge is 2.38. The van der Waals surface area contributed by atoms with Crippen LogP contribution in [-0.2, 0) is 14.4 Å². The van der Waals surface area contributed by atoms with E-state index in [1.807, 2.05) is 34.6 Å². The Kier molecular flexibility index (Phi) is 9.54. The van der Waals surface area contributed by atoms with Crippen molar-refractivity contribution in [1.29, 1.82) is 0 Å². The number of rotatable bonds is 6. The van der Waals surface area contributed by atoms with Crippen molar-refractivity contribution in [3.05, 3.63) is 29.8 Å². The van der Waals surface area contributed by atoms with Crippen molar-refractivity contribution in [2.45, 2.75) is 65.3 Å². The van der Waals surface area contributed by atoms with E-state index in [4.69, 9.17) is 11.6 Å². The SMILES string of the molecule is CCC1CCN=C(C(=O)NC2C(CC)/C=N/N=C\C(C)C2C)C(=O)N(c2ccc(C(C)Cl)cc2)C1=O. The summed E-state index contributed by atoms with van der Waals surface area (Å²) in [4.78, 5) is 46.2. The molecule has 8 nitrogen and oxygen atoms in total. The van der Waals surface area contributed by atoms with Crippen molar-refractivity contribution < 1.29 is 14.4 Å². The van der Waals surface area contributed by atoms with E-state index in [2.05, 4.69) is 20.5 Å². The molecular weight excluding hydrogens is 478 g/mol. The van der Waals surface area contributed by atoms with E-state index in [1.54, 1.807) is 36.7 Å². The summed E-state index contributed by atoms with van der Waals surface area (Å²) >= 11 is 6.18. The van der Waals surface area contributed by atoms with Crippen LogP contribution in [0.25, 0.3) is 0 Å². The third kappa shape index (κ3) is 6.09. The molecule has 0 bridgehead atoms. The van der Waals surface area contributed by atoms with E-state index < -0.39 is 11.8 Å². The van der Waals surface area contributed by atoms with E-state index in [0.717, 1.165) is 16.9 Å². The first-order valence-electron chi connectivity index (χ1n) is 12.7. The number of alkyl halides is 1. The second kappa shape index (κ2) is 12.4. The van der Waals surface area contributed by atoms with Crippen LogP contribution in [0.4, 0.5) is 5.69 Å². The van der Waals surface area contributed by atoms with E-state index >= 15 is 0 Å². The third-order valence-electron chi connectivity index (χ3n) is 7.29. The predicted molar refractivity (Wildman–Crippen MR) is 145 cm³/mol. The van der Waals surface area contributed by atoms with Crippen LogP contribution in [-0.4, -0.2) is 48.4 Å². The number of hydrogen-bond donors (Lipinski definition) is 1. The lowest BCUT2D eigenvalue weighted by Crippen LogP contribution is -2.54. The molecule has 0 radical (unpaired) electrons. The molecule has 0 fully saturated rings. The monoisotopic (exact) mass is 513 g/mol. The van der Waals surface area contributed by atoms with Gasteiger partial charge in [-0.25, -0.2) is 4.90 Å². The summed E-state index contributed by atoms with van der Waals surface area (Å²) < 4.78 is 0. The van der Waals surface area contributed by atoms with Crippen molar-refractivity contribution >= 4 is 53.2 Å². The van der Waals surface area contributed by atoms with Gasteiger partial charge >= 0.3 is 0 Å². The van der Waals surface area contributed by atoms with Gasteiger partial charge in [-0.1, -0.05) is 39.8 Å². The minimum Gasteiger partial charge on any atom is -0.347 e. The van der Waals surface area contributed by atoms with Crippen molar-refractivity contribution in [3.8, 4) is 0 Å². The highest BCUT2D eigenvalue weighted by atomic mass is 35.5. The quantitative estimate of drug-likeness (QED) is 0.445. The van der Waals surface area contributed by atoms with Crippen molar-refractivity contribution in [2.24, 2.45) is 38.9 Å². The molecule has 1 aromatic rings. The van der Waals surface area contributed by atoms with Gasteiger partial charge in [0.15, 0.2) is 5.71 Å². The molecule has 6 atom stereocenters. The Hall–Kier alpha value is -2.87. The first-order valence-corrected chi connectivity index (χ1v) is 13.2. The van der Waals surface area contributed by atoms with Crippen LogP contribution in [0, 0.1) is 23.7 Å². The van der Waals surface area contributed by atoms with Gasteiger partial charge < -0.3 is 5.32 Å². The van der Waals surface area contributed by atoms with Crippen LogP contribution in [0.15, 0.2) is 39.5 Å². The molecule has 1 aromatic carbocycles. The lowest BCUT2D eigenvalue weighted by atomic mass is 9.81. The molecule has 3 rings (SSSR count). The van der Waals surface area contributed by atoms with Gasteiger partial charge in [0.05, 0.1) is 11.1 Å². The number of hydrogen-bond acceptors (Lipinski definition) is 6. The molecule has 3 amide bonds. The van der Waals surface area contributed by atoms with Gasteiger partial charge in [0, 0.05) is 36.9 Å². The average molecular weight is 514 g/mol. The smallest absolute Gasteiger partial charge is 0.288 e. The number of amides is 3. The number of anilines is 1. The standard InChI is InChI=1S/C27H36ClN5O3/c1-6-19-12-13-29-24(25(34)32-23-17(4)16(3)14-30-31-15-20(23)7-2)27(36)33(26(19)35)22-10-8-21(9-11-22)18(5)28/h8-11,14-20,23H,6-7,12-13H2,1-5H3,(H,32,34)/b29-24?,30-14-,31-15+. The zero-order valence-electron chi connectivity index (χ0n) is 21.6. The van der Waals surface area contributed by atoms with Gasteiger partial charge in [-0.3, -0.25) is 19.4 Å². The van der Waals surface area contributed by atoms with Crippen molar-refractivity contribution in [1.82, 2.24) is 5.32 Å². The van der Waals surface area contributed by atoms with Gasteiger partial charge in [-0.05, 0) is 55.7 Å². The molecule has 0 aliphatic carbocycles. The van der Waals surface area contributed by atoms with Crippen LogP contribution in [0.5, 0.6) is 0 Å². The lowest BCUT2D eigenvalue weighted by molar-refractivity contribution is -0.127. The second-order valence-electron chi connectivity index (χ2n) is 9.63. The van der Waals surface area contributed by atoms with Gasteiger partial charge in [-0.2, -0.15) is 10.2 Å². The van der Waals surface area contributed by atoms with Gasteiger partial charge in [-0.15, -0.1) is 11.6 Å². The topological polar surface area (TPSA) is 104 Å². The molecular formula is C27H36ClN5O3. The summed E-state index contributed by atoms with van der Waals surface area (Å²) in [6, 6.07) is 6.68. The minimum absolute atomic E-state index is 0.0472. The average Bonchev–Trinajstić information content (AvgIpc) is 2.86. The zero-order valence-corrected chi connectivity index (χ0v) is 22.4.